The maximum atomic E-state index is 12.6. The van der Waals surface area contributed by atoms with E-state index in [1.54, 1.807) is 36.4 Å². The minimum atomic E-state index is -0.503. The van der Waals surface area contributed by atoms with Crippen molar-refractivity contribution in [2.24, 2.45) is 5.10 Å². The number of nitrogens with zero attached hydrogens (tertiary/aromatic N) is 3. The molecule has 3 aromatic carbocycles. The number of hydrogen-bond acceptors (Lipinski definition) is 7. The Labute approximate surface area is 263 Å². The van der Waals surface area contributed by atoms with Crippen molar-refractivity contribution < 1.29 is 23.4 Å². The molecule has 0 radical (unpaired) electrons. The molecule has 0 atom stereocenters. The smallest absolute Gasteiger partial charge is 0.307 e. The van der Waals surface area contributed by atoms with Crippen LogP contribution in [0.1, 0.15) is 44.4 Å². The van der Waals surface area contributed by atoms with Gasteiger partial charge in [-0.1, -0.05) is 18.2 Å². The average Bonchev–Trinajstić information content (AvgIpc) is 3.65. The number of nitrogens with one attached hydrogen (secondary N) is 1. The van der Waals surface area contributed by atoms with E-state index >= 15 is 0 Å². The van der Waals surface area contributed by atoms with Gasteiger partial charge in [0.2, 0.25) is 0 Å². The number of aryl methyl sites for hydroxylation is 2. The van der Waals surface area contributed by atoms with E-state index in [9.17, 15) is 10.1 Å². The Morgan fingerprint density at radius 2 is 1.75 bits per heavy atom. The summed E-state index contributed by atoms with van der Waals surface area (Å²) >= 11 is 3.51. The van der Waals surface area contributed by atoms with E-state index in [-0.39, 0.29) is 19.0 Å². The monoisotopic (exact) mass is 652 g/mol. The number of hydrogen-bond donors (Lipinski definition) is 1. The van der Waals surface area contributed by atoms with Crippen molar-refractivity contribution in [3.05, 3.63) is 129 Å². The Morgan fingerprint density at radius 3 is 2.48 bits per heavy atom. The summed E-state index contributed by atoms with van der Waals surface area (Å²) in [5, 5.41) is 13.4. The minimum Gasteiger partial charge on any atom is -0.493 e. The van der Waals surface area contributed by atoms with Gasteiger partial charge in [-0.2, -0.15) is 10.4 Å². The van der Waals surface area contributed by atoms with Gasteiger partial charge in [0.05, 0.1) is 29.4 Å². The number of methoxy groups -OCH3 is 1. The second-order valence-corrected chi connectivity index (χ2v) is 10.6. The predicted octanol–water partition coefficient (Wildman–Crippen LogP) is 7.25. The highest BCUT2D eigenvalue weighted by atomic mass is 79.9. The molecule has 2 aromatic heterocycles. The molecule has 44 heavy (non-hydrogen) atoms. The summed E-state index contributed by atoms with van der Waals surface area (Å²) < 4.78 is 25.8. The molecule has 0 unspecified atom stereocenters. The zero-order chi connectivity index (χ0) is 31.1. The first kappa shape index (κ1) is 30.2. The fourth-order valence-electron chi connectivity index (χ4n) is 4.58. The van der Waals surface area contributed by atoms with Gasteiger partial charge in [-0.05, 0) is 102 Å². The standard InChI is InChI=1S/C34H29BrN4O5/c1-22-8-9-23(2)39(22)27-10-12-28(13-11-27)42-21-29-14-15-31(44-29)34(40)38-37-19-24-16-30(35)33(32(17-24)41-3)43-20-26-7-5-4-6-25(26)18-36/h4-17,19H,20-21H2,1-3H3,(H,38,40)/b37-19+. The Morgan fingerprint density at radius 1 is 1.00 bits per heavy atom. The molecule has 0 spiro atoms. The summed E-state index contributed by atoms with van der Waals surface area (Å²) in [6, 6.07) is 28.1. The summed E-state index contributed by atoms with van der Waals surface area (Å²) in [6.07, 6.45) is 1.48. The Balaban J connectivity index is 1.15. The van der Waals surface area contributed by atoms with Gasteiger partial charge in [-0.25, -0.2) is 5.43 Å². The topological polar surface area (TPSA) is 111 Å². The molecule has 1 amide bonds. The van der Waals surface area contributed by atoms with Gasteiger partial charge in [0.1, 0.15) is 24.7 Å². The van der Waals surface area contributed by atoms with Crippen LogP contribution in [0.2, 0.25) is 0 Å². The molecule has 0 saturated heterocycles. The highest BCUT2D eigenvalue weighted by Gasteiger charge is 2.14. The molecule has 0 aliphatic rings. The predicted molar refractivity (Wildman–Crippen MR) is 170 cm³/mol. The number of ether oxygens (including phenoxy) is 3. The molecule has 0 saturated carbocycles. The minimum absolute atomic E-state index is 0.106. The van der Waals surface area contributed by atoms with Crippen LogP contribution in [-0.2, 0) is 13.2 Å². The zero-order valence-corrected chi connectivity index (χ0v) is 25.9. The Hall–Kier alpha value is -5.27. The van der Waals surface area contributed by atoms with E-state index in [1.165, 1.54) is 13.3 Å². The number of carbonyl (C=O) groups excluding carboxylic acids is 1. The summed E-state index contributed by atoms with van der Waals surface area (Å²) in [7, 11) is 1.53. The zero-order valence-electron chi connectivity index (χ0n) is 24.3. The molecule has 222 valence electrons. The number of hydrazone groups is 1. The highest BCUT2D eigenvalue weighted by molar-refractivity contribution is 9.10. The lowest BCUT2D eigenvalue weighted by molar-refractivity contribution is 0.0923. The molecule has 0 bridgehead atoms. The number of benzene rings is 3. The van der Waals surface area contributed by atoms with Gasteiger partial charge in [-0.3, -0.25) is 4.79 Å². The van der Waals surface area contributed by atoms with Crippen molar-refractivity contribution in [3.8, 4) is 29.0 Å². The molecule has 0 aliphatic heterocycles. The van der Waals surface area contributed by atoms with Crippen LogP contribution in [0.25, 0.3) is 5.69 Å². The van der Waals surface area contributed by atoms with Crippen LogP contribution in [0.5, 0.6) is 17.2 Å². The second kappa shape index (κ2) is 13.8. The molecule has 0 aliphatic carbocycles. The fourth-order valence-corrected chi connectivity index (χ4v) is 5.15. The van der Waals surface area contributed by atoms with Crippen molar-refractivity contribution >= 4 is 28.1 Å². The van der Waals surface area contributed by atoms with E-state index in [2.05, 4.69) is 63.1 Å². The Kier molecular flexibility index (Phi) is 9.47. The summed E-state index contributed by atoms with van der Waals surface area (Å²) in [5.41, 5.74) is 7.81. The van der Waals surface area contributed by atoms with Crippen LogP contribution >= 0.6 is 15.9 Å². The number of nitriles is 1. The maximum absolute atomic E-state index is 12.6. The van der Waals surface area contributed by atoms with Crippen LogP contribution in [0.4, 0.5) is 0 Å². The van der Waals surface area contributed by atoms with E-state index in [0.29, 0.717) is 38.6 Å². The largest absolute Gasteiger partial charge is 0.493 e. The van der Waals surface area contributed by atoms with Gasteiger partial charge in [0.15, 0.2) is 17.3 Å². The molecular formula is C34H29BrN4O5. The van der Waals surface area contributed by atoms with Gasteiger partial charge in [0.25, 0.3) is 0 Å². The average molecular weight is 654 g/mol. The van der Waals surface area contributed by atoms with E-state index in [0.717, 1.165) is 22.6 Å². The number of amides is 1. The first-order chi connectivity index (χ1) is 21.4. The molecule has 9 nitrogen and oxygen atoms in total. The molecule has 5 rings (SSSR count). The molecule has 5 aromatic rings. The lowest BCUT2D eigenvalue weighted by atomic mass is 10.1. The first-order valence-corrected chi connectivity index (χ1v) is 14.4. The SMILES string of the molecule is COc1cc(/C=N/NC(=O)c2ccc(COc3ccc(-n4c(C)ccc4C)cc3)o2)cc(Br)c1OCc1ccccc1C#N. The van der Waals surface area contributed by atoms with Crippen molar-refractivity contribution in [2.75, 3.05) is 7.11 Å². The summed E-state index contributed by atoms with van der Waals surface area (Å²) in [5.74, 6) is 1.73. The first-order valence-electron chi connectivity index (χ1n) is 13.6. The van der Waals surface area contributed by atoms with Crippen LogP contribution in [0.3, 0.4) is 0 Å². The van der Waals surface area contributed by atoms with Crippen molar-refractivity contribution in [1.29, 1.82) is 5.26 Å². The van der Waals surface area contributed by atoms with Crippen LogP contribution in [0.15, 0.2) is 98.9 Å². The van der Waals surface area contributed by atoms with E-state index in [1.807, 2.05) is 36.4 Å². The number of aromatic nitrogens is 1. The molecular weight excluding hydrogens is 624 g/mol. The normalized spacial score (nSPS) is 10.9. The van der Waals surface area contributed by atoms with Gasteiger partial charge >= 0.3 is 5.91 Å². The lowest BCUT2D eigenvalue weighted by Gasteiger charge is -2.14. The van der Waals surface area contributed by atoms with Crippen LogP contribution in [-0.4, -0.2) is 23.8 Å². The quantitative estimate of drug-likeness (QED) is 0.119. The van der Waals surface area contributed by atoms with Crippen LogP contribution < -0.4 is 19.6 Å². The lowest BCUT2D eigenvalue weighted by Crippen LogP contribution is -2.16. The van der Waals surface area contributed by atoms with E-state index < -0.39 is 5.91 Å². The van der Waals surface area contributed by atoms with Crippen molar-refractivity contribution in [3.63, 3.8) is 0 Å². The number of halogens is 1. The van der Waals surface area contributed by atoms with Gasteiger partial charge < -0.3 is 23.2 Å². The van der Waals surface area contributed by atoms with Gasteiger partial charge in [0, 0.05) is 22.6 Å². The number of rotatable bonds is 11. The summed E-state index contributed by atoms with van der Waals surface area (Å²) in [4.78, 5) is 12.6. The van der Waals surface area contributed by atoms with Gasteiger partial charge in [-0.15, -0.1) is 0 Å². The third-order valence-electron chi connectivity index (χ3n) is 6.77. The molecule has 2 heterocycles. The molecule has 1 N–H and O–H groups in total. The third-order valence-corrected chi connectivity index (χ3v) is 7.36. The third kappa shape index (κ3) is 7.02. The van der Waals surface area contributed by atoms with E-state index in [4.69, 9.17) is 18.6 Å². The molecule has 0 fully saturated rings. The highest BCUT2D eigenvalue weighted by Crippen LogP contribution is 2.37. The number of furan rings is 1. The second-order valence-electron chi connectivity index (χ2n) is 9.79. The van der Waals surface area contributed by atoms with Crippen molar-refractivity contribution in [2.45, 2.75) is 27.1 Å². The Bertz CT molecular complexity index is 1830. The number of carbonyl (C=O) groups is 1. The summed E-state index contributed by atoms with van der Waals surface area (Å²) in [6.45, 7) is 4.50. The fraction of sp³-hybridized carbons (Fsp3) is 0.147. The maximum Gasteiger partial charge on any atom is 0.307 e. The van der Waals surface area contributed by atoms with Crippen LogP contribution in [0, 0.1) is 25.2 Å². The molecule has 10 heteroatoms. The van der Waals surface area contributed by atoms with Crippen molar-refractivity contribution in [1.82, 2.24) is 9.99 Å².